The highest BCUT2D eigenvalue weighted by atomic mass is 32.1. The van der Waals surface area contributed by atoms with Crippen LogP contribution in [0.25, 0.3) is 5.69 Å². The molecule has 2 aromatic rings. The lowest BCUT2D eigenvalue weighted by molar-refractivity contribution is 0.218. The topological polar surface area (TPSA) is 37.6 Å². The Morgan fingerprint density at radius 2 is 1.73 bits per heavy atom. The smallest absolute Gasteiger partial charge is 0.323 e. The molecule has 2 amide bonds. The van der Waals surface area contributed by atoms with Gasteiger partial charge in [0, 0.05) is 29.9 Å². The highest BCUT2D eigenvalue weighted by molar-refractivity contribution is 7.09. The van der Waals surface area contributed by atoms with Gasteiger partial charge in [-0.05, 0) is 56.9 Å². The van der Waals surface area contributed by atoms with Gasteiger partial charge < -0.3 is 4.90 Å². The number of nitrogens with zero attached hydrogens (tertiary/aromatic N) is 3. The molecule has 0 bridgehead atoms. The maximum atomic E-state index is 12.3. The number of aromatic nitrogens is 1. The second-order valence-electron chi connectivity index (χ2n) is 5.93. The normalized spacial score (nSPS) is 15.6. The quantitative estimate of drug-likeness (QED) is 0.792. The van der Waals surface area contributed by atoms with E-state index in [0.717, 1.165) is 41.3 Å². The molecule has 0 aliphatic carbocycles. The van der Waals surface area contributed by atoms with E-state index in [1.807, 2.05) is 16.4 Å². The molecule has 2 heterocycles. The summed E-state index contributed by atoms with van der Waals surface area (Å²) in [4.78, 5) is 20.4. The van der Waals surface area contributed by atoms with E-state index in [9.17, 15) is 4.79 Å². The molecule has 0 spiro atoms. The molecule has 1 fully saturated rings. The van der Waals surface area contributed by atoms with Crippen molar-refractivity contribution >= 4 is 17.4 Å². The van der Waals surface area contributed by atoms with Crippen molar-refractivity contribution in [3.63, 3.8) is 0 Å². The van der Waals surface area contributed by atoms with Crippen LogP contribution in [0.5, 0.6) is 0 Å². The fraction of sp³-hybridized carbons (Fsp3) is 0.412. The Morgan fingerprint density at radius 3 is 2.36 bits per heavy atom. The van der Waals surface area contributed by atoms with Gasteiger partial charge >= 0.3 is 6.03 Å². The summed E-state index contributed by atoms with van der Waals surface area (Å²) in [6.45, 7) is 7.88. The lowest BCUT2D eigenvalue weighted by Gasteiger charge is -2.11. The summed E-state index contributed by atoms with van der Waals surface area (Å²) in [5.74, 6) is 0. The molecule has 1 aliphatic heterocycles. The van der Waals surface area contributed by atoms with Crippen LogP contribution >= 0.6 is 11.3 Å². The zero-order valence-electron chi connectivity index (χ0n) is 13.3. The Labute approximate surface area is 134 Å². The maximum absolute atomic E-state index is 12.3. The summed E-state index contributed by atoms with van der Waals surface area (Å²) in [6.07, 6.45) is 4.22. The van der Waals surface area contributed by atoms with Gasteiger partial charge in [-0.25, -0.2) is 4.79 Å². The molecular formula is C17H21N3OS. The Balaban J connectivity index is 2.04. The van der Waals surface area contributed by atoms with Crippen LogP contribution in [0.4, 0.5) is 4.79 Å². The summed E-state index contributed by atoms with van der Waals surface area (Å²) in [7, 11) is 0. The monoisotopic (exact) mass is 315 g/mol. The molecule has 0 saturated carbocycles. The molecule has 0 unspecified atom stereocenters. The Hall–Kier alpha value is -1.88. The van der Waals surface area contributed by atoms with Gasteiger partial charge in [-0.2, -0.15) is 4.99 Å². The Bertz CT molecular complexity index is 746. The minimum Gasteiger partial charge on any atom is -0.323 e. The van der Waals surface area contributed by atoms with Crippen LogP contribution in [0.2, 0.25) is 0 Å². The van der Waals surface area contributed by atoms with E-state index in [2.05, 4.69) is 43.2 Å². The summed E-state index contributed by atoms with van der Waals surface area (Å²) in [5.41, 5.74) is 3.49. The minimum atomic E-state index is -0.113. The molecule has 0 radical (unpaired) electrons. The van der Waals surface area contributed by atoms with Gasteiger partial charge in [0.2, 0.25) is 0 Å². The van der Waals surface area contributed by atoms with E-state index in [1.165, 1.54) is 11.1 Å². The zero-order valence-corrected chi connectivity index (χ0v) is 14.1. The van der Waals surface area contributed by atoms with Crippen LogP contribution in [-0.2, 0) is 0 Å². The third-order valence-corrected chi connectivity index (χ3v) is 4.72. The average molecular weight is 315 g/mol. The predicted octanol–water partition coefficient (Wildman–Crippen LogP) is 3.58. The Kier molecular flexibility index (Phi) is 4.16. The SMILES string of the molecule is Cc1cc(C)cc(-n2cc(C)s/c2=N\C(=O)N2CCCC2)c1. The summed E-state index contributed by atoms with van der Waals surface area (Å²) < 4.78 is 2.02. The van der Waals surface area contributed by atoms with Crippen molar-refractivity contribution in [2.75, 3.05) is 13.1 Å². The van der Waals surface area contributed by atoms with Gasteiger partial charge in [0.1, 0.15) is 0 Å². The fourth-order valence-electron chi connectivity index (χ4n) is 2.87. The van der Waals surface area contributed by atoms with Crippen LogP contribution in [-0.4, -0.2) is 28.6 Å². The predicted molar refractivity (Wildman–Crippen MR) is 89.6 cm³/mol. The van der Waals surface area contributed by atoms with Crippen LogP contribution in [0.1, 0.15) is 28.8 Å². The van der Waals surface area contributed by atoms with Gasteiger partial charge in [-0.1, -0.05) is 6.07 Å². The third-order valence-electron chi connectivity index (χ3n) is 3.82. The number of rotatable bonds is 1. The average Bonchev–Trinajstić information content (AvgIpc) is 3.07. The lowest BCUT2D eigenvalue weighted by atomic mass is 10.1. The lowest BCUT2D eigenvalue weighted by Crippen LogP contribution is -2.27. The highest BCUT2D eigenvalue weighted by Gasteiger charge is 2.17. The van der Waals surface area contributed by atoms with Gasteiger partial charge in [0.25, 0.3) is 0 Å². The third kappa shape index (κ3) is 3.14. The van der Waals surface area contributed by atoms with Crippen molar-refractivity contribution in [1.29, 1.82) is 0 Å². The number of urea groups is 1. The second-order valence-corrected chi connectivity index (χ2v) is 7.14. The van der Waals surface area contributed by atoms with Crippen molar-refractivity contribution in [3.8, 4) is 5.69 Å². The van der Waals surface area contributed by atoms with E-state index in [1.54, 1.807) is 11.3 Å². The van der Waals surface area contributed by atoms with Crippen LogP contribution in [0.15, 0.2) is 29.4 Å². The van der Waals surface area contributed by atoms with E-state index >= 15 is 0 Å². The van der Waals surface area contributed by atoms with Gasteiger partial charge in [0.05, 0.1) is 0 Å². The second kappa shape index (κ2) is 6.08. The largest absolute Gasteiger partial charge is 0.346 e. The fourth-order valence-corrected chi connectivity index (χ4v) is 3.70. The molecule has 4 nitrogen and oxygen atoms in total. The summed E-state index contributed by atoms with van der Waals surface area (Å²) in [6, 6.07) is 6.28. The molecule has 22 heavy (non-hydrogen) atoms. The Morgan fingerprint density at radius 1 is 1.09 bits per heavy atom. The standard InChI is InChI=1S/C17H21N3OS/c1-12-8-13(2)10-15(9-12)20-11-14(3)22-17(20)18-16(21)19-6-4-5-7-19/h8-11H,4-7H2,1-3H3/b18-17-. The number of aryl methyl sites for hydroxylation is 3. The van der Waals surface area contributed by atoms with Crippen molar-refractivity contribution < 1.29 is 4.79 Å². The molecular weight excluding hydrogens is 294 g/mol. The van der Waals surface area contributed by atoms with Crippen molar-refractivity contribution in [3.05, 3.63) is 45.2 Å². The first-order valence-electron chi connectivity index (χ1n) is 7.64. The number of hydrogen-bond acceptors (Lipinski definition) is 2. The number of amides is 2. The molecule has 1 saturated heterocycles. The van der Waals surface area contributed by atoms with E-state index in [0.29, 0.717) is 0 Å². The first kappa shape index (κ1) is 15.0. The molecule has 116 valence electrons. The number of benzene rings is 1. The van der Waals surface area contributed by atoms with Gasteiger partial charge in [-0.15, -0.1) is 11.3 Å². The summed E-state index contributed by atoms with van der Waals surface area (Å²) in [5, 5.41) is 0. The first-order chi connectivity index (χ1) is 10.5. The van der Waals surface area contributed by atoms with E-state index in [-0.39, 0.29) is 6.03 Å². The highest BCUT2D eigenvalue weighted by Crippen LogP contribution is 2.15. The molecule has 1 aromatic heterocycles. The summed E-state index contributed by atoms with van der Waals surface area (Å²) >= 11 is 1.56. The number of thiazole rings is 1. The first-order valence-corrected chi connectivity index (χ1v) is 8.46. The number of carbonyl (C=O) groups excluding carboxylic acids is 1. The molecule has 0 N–H and O–H groups in total. The molecule has 1 aliphatic rings. The molecule has 1 aromatic carbocycles. The van der Waals surface area contributed by atoms with E-state index < -0.39 is 0 Å². The van der Waals surface area contributed by atoms with Gasteiger partial charge in [0.15, 0.2) is 4.80 Å². The van der Waals surface area contributed by atoms with Crippen LogP contribution in [0, 0.1) is 20.8 Å². The van der Waals surface area contributed by atoms with Crippen LogP contribution in [0.3, 0.4) is 0 Å². The number of likely N-dealkylation sites (tertiary alicyclic amines) is 1. The van der Waals surface area contributed by atoms with Crippen molar-refractivity contribution in [2.45, 2.75) is 33.6 Å². The van der Waals surface area contributed by atoms with Crippen molar-refractivity contribution in [2.24, 2.45) is 4.99 Å². The van der Waals surface area contributed by atoms with Gasteiger partial charge in [-0.3, -0.25) is 4.57 Å². The molecule has 5 heteroatoms. The maximum Gasteiger partial charge on any atom is 0.346 e. The minimum absolute atomic E-state index is 0.113. The number of carbonyl (C=O) groups is 1. The van der Waals surface area contributed by atoms with E-state index in [4.69, 9.17) is 0 Å². The molecule has 0 atom stereocenters. The molecule has 3 rings (SSSR count). The van der Waals surface area contributed by atoms with Crippen molar-refractivity contribution in [1.82, 2.24) is 9.47 Å². The van der Waals surface area contributed by atoms with Crippen LogP contribution < -0.4 is 4.80 Å². The zero-order chi connectivity index (χ0) is 15.7. The number of hydrogen-bond donors (Lipinski definition) is 0.